The van der Waals surface area contributed by atoms with E-state index in [0.717, 1.165) is 12.0 Å². The van der Waals surface area contributed by atoms with Crippen LogP contribution in [0, 0.1) is 5.41 Å². The molecule has 0 saturated carbocycles. The van der Waals surface area contributed by atoms with Crippen LogP contribution in [0.4, 0.5) is 0 Å². The zero-order valence-electron chi connectivity index (χ0n) is 18.1. The van der Waals surface area contributed by atoms with Crippen molar-refractivity contribution in [3.8, 4) is 5.75 Å². The highest BCUT2D eigenvalue weighted by Crippen LogP contribution is 2.36. The minimum atomic E-state index is -0.300. The minimum Gasteiger partial charge on any atom is -0.484 e. The van der Waals surface area contributed by atoms with Gasteiger partial charge in [0.2, 0.25) is 0 Å². The predicted octanol–water partition coefficient (Wildman–Crippen LogP) is 5.59. The lowest BCUT2D eigenvalue weighted by molar-refractivity contribution is -0.123. The van der Waals surface area contributed by atoms with Crippen LogP contribution in [-0.2, 0) is 10.2 Å². The van der Waals surface area contributed by atoms with Gasteiger partial charge in [-0.25, -0.2) is 5.43 Å². The third-order valence-electron chi connectivity index (χ3n) is 4.42. The summed E-state index contributed by atoms with van der Waals surface area (Å²) < 4.78 is 5.56. The highest BCUT2D eigenvalue weighted by Gasteiger charge is 2.27. The molecule has 0 unspecified atom stereocenters. The fraction of sp³-hybridized carbons (Fsp3) is 0.360. The number of nitrogens with zero attached hydrogens (tertiary/aromatic N) is 1. The maximum absolute atomic E-state index is 11.9. The van der Waals surface area contributed by atoms with Gasteiger partial charge in [0.1, 0.15) is 5.75 Å². The fourth-order valence-electron chi connectivity index (χ4n) is 3.48. The fourth-order valence-corrected chi connectivity index (χ4v) is 3.48. The summed E-state index contributed by atoms with van der Waals surface area (Å²) in [6.07, 6.45) is 6.31. The molecule has 0 radical (unpaired) electrons. The van der Waals surface area contributed by atoms with Crippen molar-refractivity contribution in [3.63, 3.8) is 0 Å². The molecule has 4 nitrogen and oxygen atoms in total. The van der Waals surface area contributed by atoms with Gasteiger partial charge < -0.3 is 4.74 Å². The van der Waals surface area contributed by atoms with Gasteiger partial charge in [-0.1, -0.05) is 83.2 Å². The Hall–Kier alpha value is -2.88. The van der Waals surface area contributed by atoms with E-state index in [2.05, 4.69) is 57.3 Å². The van der Waals surface area contributed by atoms with Crippen LogP contribution in [0.25, 0.3) is 6.08 Å². The first-order valence-electron chi connectivity index (χ1n) is 9.93. The summed E-state index contributed by atoms with van der Waals surface area (Å²) >= 11 is 0. The summed E-state index contributed by atoms with van der Waals surface area (Å²) in [5.41, 5.74) is 5.13. The number of carbonyl (C=O) groups is 1. The molecular weight excluding hydrogens is 360 g/mol. The van der Waals surface area contributed by atoms with Gasteiger partial charge in [0, 0.05) is 6.21 Å². The van der Waals surface area contributed by atoms with Crippen LogP contribution in [0.1, 0.15) is 52.2 Å². The van der Waals surface area contributed by atoms with Crippen molar-refractivity contribution < 1.29 is 9.53 Å². The van der Waals surface area contributed by atoms with Gasteiger partial charge in [0.05, 0.1) is 0 Å². The Balaban J connectivity index is 1.78. The third-order valence-corrected chi connectivity index (χ3v) is 4.42. The molecule has 0 heterocycles. The molecule has 29 heavy (non-hydrogen) atoms. The first-order valence-corrected chi connectivity index (χ1v) is 9.93. The average molecular weight is 393 g/mol. The highest BCUT2D eigenvalue weighted by atomic mass is 16.5. The monoisotopic (exact) mass is 392 g/mol. The number of hydrazone groups is 1. The number of benzene rings is 2. The maximum Gasteiger partial charge on any atom is 0.277 e. The summed E-state index contributed by atoms with van der Waals surface area (Å²) in [5, 5.41) is 3.89. The van der Waals surface area contributed by atoms with E-state index in [1.54, 1.807) is 6.08 Å². The maximum atomic E-state index is 11.9. The standard InChI is InChI=1S/C25H32N2O2/c1-24(2,3)19-25(4,5)21-13-15-22(16-14-21)29-18-23(28)27-26-17-9-12-20-10-7-6-8-11-20/h6-17H,18-19H2,1-5H3,(H,27,28). The second-order valence-corrected chi connectivity index (χ2v) is 9.02. The van der Waals surface area contributed by atoms with Crippen molar-refractivity contribution in [3.05, 3.63) is 71.8 Å². The Kier molecular flexibility index (Phi) is 7.77. The number of allylic oxidation sites excluding steroid dienone is 1. The van der Waals surface area contributed by atoms with Crippen molar-refractivity contribution in [1.29, 1.82) is 0 Å². The van der Waals surface area contributed by atoms with E-state index in [0.29, 0.717) is 5.75 Å². The Morgan fingerprint density at radius 1 is 1.00 bits per heavy atom. The van der Waals surface area contributed by atoms with Gasteiger partial charge >= 0.3 is 0 Å². The van der Waals surface area contributed by atoms with Crippen molar-refractivity contribution in [2.45, 2.75) is 46.5 Å². The second-order valence-electron chi connectivity index (χ2n) is 9.02. The molecule has 0 bridgehead atoms. The van der Waals surface area contributed by atoms with E-state index in [9.17, 15) is 4.79 Å². The number of hydrogen-bond acceptors (Lipinski definition) is 3. The quantitative estimate of drug-likeness (QED) is 0.470. The molecule has 0 saturated heterocycles. The van der Waals surface area contributed by atoms with Gasteiger partial charge in [0.15, 0.2) is 6.61 Å². The van der Waals surface area contributed by atoms with Crippen molar-refractivity contribution in [2.75, 3.05) is 6.61 Å². The van der Waals surface area contributed by atoms with E-state index >= 15 is 0 Å². The molecule has 2 aromatic carbocycles. The molecule has 0 aromatic heterocycles. The Bertz CT molecular complexity index is 829. The number of carbonyl (C=O) groups excluding carboxylic acids is 1. The topological polar surface area (TPSA) is 50.7 Å². The largest absolute Gasteiger partial charge is 0.484 e. The summed E-state index contributed by atoms with van der Waals surface area (Å²) in [5.74, 6) is 0.370. The summed E-state index contributed by atoms with van der Waals surface area (Å²) in [4.78, 5) is 11.9. The Morgan fingerprint density at radius 3 is 2.28 bits per heavy atom. The Labute approximate surface area is 174 Å². The SMILES string of the molecule is CC(C)(C)CC(C)(C)c1ccc(OCC(=O)NN=CC=Cc2ccccc2)cc1. The lowest BCUT2D eigenvalue weighted by atomic mass is 9.72. The molecule has 1 N–H and O–H groups in total. The number of nitrogens with one attached hydrogen (secondary N) is 1. The van der Waals surface area contributed by atoms with Crippen LogP contribution in [0.2, 0.25) is 0 Å². The molecule has 2 aromatic rings. The van der Waals surface area contributed by atoms with Gasteiger partial charge in [-0.15, -0.1) is 0 Å². The van der Waals surface area contributed by atoms with E-state index < -0.39 is 0 Å². The molecule has 0 spiro atoms. The van der Waals surface area contributed by atoms with Crippen LogP contribution in [-0.4, -0.2) is 18.7 Å². The van der Waals surface area contributed by atoms with Gasteiger partial charge in [0.25, 0.3) is 5.91 Å². The van der Waals surface area contributed by atoms with Crippen LogP contribution >= 0.6 is 0 Å². The lowest BCUT2D eigenvalue weighted by Gasteiger charge is -2.33. The van der Waals surface area contributed by atoms with E-state index in [1.165, 1.54) is 11.8 Å². The smallest absolute Gasteiger partial charge is 0.277 e. The first kappa shape index (κ1) is 22.4. The van der Waals surface area contributed by atoms with Crippen LogP contribution in [0.15, 0.2) is 65.8 Å². The Morgan fingerprint density at radius 2 is 1.66 bits per heavy atom. The minimum absolute atomic E-state index is 0.0789. The van der Waals surface area contributed by atoms with E-state index in [4.69, 9.17) is 4.74 Å². The third kappa shape index (κ3) is 8.34. The molecule has 0 aliphatic heterocycles. The number of rotatable bonds is 8. The van der Waals surface area contributed by atoms with Crippen LogP contribution < -0.4 is 10.2 Å². The van der Waals surface area contributed by atoms with E-state index in [1.807, 2.05) is 48.5 Å². The average Bonchev–Trinajstić information content (AvgIpc) is 2.65. The van der Waals surface area contributed by atoms with Crippen molar-refractivity contribution in [2.24, 2.45) is 10.5 Å². The molecule has 0 fully saturated rings. The van der Waals surface area contributed by atoms with Crippen molar-refractivity contribution in [1.82, 2.24) is 5.43 Å². The van der Waals surface area contributed by atoms with Crippen LogP contribution in [0.5, 0.6) is 5.75 Å². The molecule has 0 aliphatic rings. The predicted molar refractivity (Wildman–Crippen MR) is 121 cm³/mol. The summed E-state index contributed by atoms with van der Waals surface area (Å²) in [6.45, 7) is 11.2. The zero-order chi connectivity index (χ0) is 21.3. The summed E-state index contributed by atoms with van der Waals surface area (Å²) in [7, 11) is 0. The van der Waals surface area contributed by atoms with Gasteiger partial charge in [-0.2, -0.15) is 5.10 Å². The number of amides is 1. The molecule has 1 amide bonds. The summed E-state index contributed by atoms with van der Waals surface area (Å²) in [6, 6.07) is 17.9. The molecule has 0 atom stereocenters. The molecular formula is C25H32N2O2. The number of hydrogen-bond donors (Lipinski definition) is 1. The normalized spacial score (nSPS) is 12.4. The number of ether oxygens (including phenoxy) is 1. The van der Waals surface area contributed by atoms with E-state index in [-0.39, 0.29) is 23.3 Å². The molecule has 0 aliphatic carbocycles. The highest BCUT2D eigenvalue weighted by molar-refractivity contribution is 5.81. The van der Waals surface area contributed by atoms with Crippen LogP contribution in [0.3, 0.4) is 0 Å². The van der Waals surface area contributed by atoms with Crippen molar-refractivity contribution >= 4 is 18.2 Å². The molecule has 154 valence electrons. The second kappa shape index (κ2) is 10.1. The van der Waals surface area contributed by atoms with Gasteiger partial charge in [-0.3, -0.25) is 4.79 Å². The molecule has 2 rings (SSSR count). The van der Waals surface area contributed by atoms with Gasteiger partial charge in [-0.05, 0) is 46.6 Å². The lowest BCUT2D eigenvalue weighted by Crippen LogP contribution is -2.25. The first-order chi connectivity index (χ1) is 13.7. The molecule has 4 heteroatoms. The zero-order valence-corrected chi connectivity index (χ0v) is 18.1.